The molecule has 0 aromatic carbocycles. The summed E-state index contributed by atoms with van der Waals surface area (Å²) in [5.41, 5.74) is 5.72. The first-order chi connectivity index (χ1) is 5.98. The molecule has 0 spiro atoms. The van der Waals surface area contributed by atoms with Gasteiger partial charge in [0.15, 0.2) is 0 Å². The SMILES string of the molecule is COCC(CN)(NC(C)C)C(C)C. The predicted octanol–water partition coefficient (Wildman–Crippen LogP) is 0.984. The minimum Gasteiger partial charge on any atom is -0.383 e. The molecule has 0 aliphatic rings. The van der Waals surface area contributed by atoms with Crippen LogP contribution in [-0.4, -0.2) is 31.8 Å². The van der Waals surface area contributed by atoms with E-state index in [-0.39, 0.29) is 5.54 Å². The van der Waals surface area contributed by atoms with Crippen LogP contribution in [0.15, 0.2) is 0 Å². The number of rotatable bonds is 6. The Morgan fingerprint density at radius 3 is 2.08 bits per heavy atom. The maximum Gasteiger partial charge on any atom is 0.0659 e. The first-order valence-electron chi connectivity index (χ1n) is 4.95. The lowest BCUT2D eigenvalue weighted by atomic mass is 9.86. The Hall–Kier alpha value is -0.120. The van der Waals surface area contributed by atoms with Gasteiger partial charge >= 0.3 is 0 Å². The van der Waals surface area contributed by atoms with Gasteiger partial charge < -0.3 is 15.8 Å². The zero-order chi connectivity index (χ0) is 10.5. The van der Waals surface area contributed by atoms with E-state index in [1.165, 1.54) is 0 Å². The highest BCUT2D eigenvalue weighted by Crippen LogP contribution is 2.17. The van der Waals surface area contributed by atoms with Crippen LogP contribution in [0.3, 0.4) is 0 Å². The number of nitrogens with one attached hydrogen (secondary N) is 1. The smallest absolute Gasteiger partial charge is 0.0659 e. The number of ether oxygens (including phenoxy) is 1. The minimum absolute atomic E-state index is 0.0804. The molecule has 0 aliphatic heterocycles. The molecule has 0 rings (SSSR count). The highest BCUT2D eigenvalue weighted by Gasteiger charge is 2.32. The van der Waals surface area contributed by atoms with Crippen molar-refractivity contribution in [1.82, 2.24) is 5.32 Å². The van der Waals surface area contributed by atoms with Crippen LogP contribution >= 0.6 is 0 Å². The molecule has 1 unspecified atom stereocenters. The third-order valence-corrected chi connectivity index (χ3v) is 2.45. The van der Waals surface area contributed by atoms with Gasteiger partial charge in [-0.15, -0.1) is 0 Å². The molecule has 13 heavy (non-hydrogen) atoms. The minimum atomic E-state index is -0.0804. The molecule has 3 heteroatoms. The van der Waals surface area contributed by atoms with Crippen LogP contribution in [0.2, 0.25) is 0 Å². The fourth-order valence-electron chi connectivity index (χ4n) is 1.56. The van der Waals surface area contributed by atoms with Crippen LogP contribution in [0.4, 0.5) is 0 Å². The van der Waals surface area contributed by atoms with E-state index in [1.807, 2.05) is 0 Å². The quantitative estimate of drug-likeness (QED) is 0.653. The molecule has 0 saturated heterocycles. The summed E-state index contributed by atoms with van der Waals surface area (Å²) in [6.45, 7) is 9.86. The molecule has 0 aliphatic carbocycles. The van der Waals surface area contributed by atoms with E-state index in [9.17, 15) is 0 Å². The molecule has 0 fully saturated rings. The zero-order valence-corrected chi connectivity index (χ0v) is 9.55. The van der Waals surface area contributed by atoms with Crippen molar-refractivity contribution < 1.29 is 4.74 Å². The third-order valence-electron chi connectivity index (χ3n) is 2.45. The maximum atomic E-state index is 5.80. The lowest BCUT2D eigenvalue weighted by molar-refractivity contribution is 0.0771. The van der Waals surface area contributed by atoms with Crippen molar-refractivity contribution in [2.24, 2.45) is 11.7 Å². The second-order valence-electron chi connectivity index (χ2n) is 4.25. The Labute approximate surface area is 82.0 Å². The van der Waals surface area contributed by atoms with Crippen LogP contribution < -0.4 is 11.1 Å². The second kappa shape index (κ2) is 5.58. The molecule has 0 heterocycles. The Balaban J connectivity index is 4.44. The molecule has 0 aromatic heterocycles. The molecule has 80 valence electrons. The second-order valence-corrected chi connectivity index (χ2v) is 4.25. The van der Waals surface area contributed by atoms with E-state index in [0.29, 0.717) is 25.1 Å². The number of hydrogen-bond acceptors (Lipinski definition) is 3. The van der Waals surface area contributed by atoms with E-state index in [1.54, 1.807) is 7.11 Å². The van der Waals surface area contributed by atoms with Crippen molar-refractivity contribution in [3.63, 3.8) is 0 Å². The Morgan fingerprint density at radius 2 is 1.85 bits per heavy atom. The number of nitrogens with two attached hydrogens (primary N) is 1. The molecule has 3 N–H and O–H groups in total. The highest BCUT2D eigenvalue weighted by molar-refractivity contribution is 4.93. The third kappa shape index (κ3) is 3.63. The zero-order valence-electron chi connectivity index (χ0n) is 9.55. The van der Waals surface area contributed by atoms with Gasteiger partial charge in [0.05, 0.1) is 12.1 Å². The summed E-state index contributed by atoms with van der Waals surface area (Å²) in [5, 5.41) is 3.49. The summed E-state index contributed by atoms with van der Waals surface area (Å²) >= 11 is 0. The summed E-state index contributed by atoms with van der Waals surface area (Å²) in [5.74, 6) is 0.472. The first-order valence-corrected chi connectivity index (χ1v) is 4.95. The molecular formula is C10H24N2O. The van der Waals surface area contributed by atoms with Gasteiger partial charge in [0.25, 0.3) is 0 Å². The van der Waals surface area contributed by atoms with Gasteiger partial charge in [0.2, 0.25) is 0 Å². The summed E-state index contributed by atoms with van der Waals surface area (Å²) in [7, 11) is 1.72. The standard InChI is InChI=1S/C10H24N2O/c1-8(2)10(6-11,7-13-5)12-9(3)4/h8-9,12H,6-7,11H2,1-5H3. The van der Waals surface area contributed by atoms with Crippen molar-refractivity contribution in [1.29, 1.82) is 0 Å². The van der Waals surface area contributed by atoms with Crippen LogP contribution in [0, 0.1) is 5.92 Å². The first kappa shape index (κ1) is 12.9. The van der Waals surface area contributed by atoms with E-state index in [2.05, 4.69) is 33.0 Å². The van der Waals surface area contributed by atoms with Crippen LogP contribution in [0.1, 0.15) is 27.7 Å². The van der Waals surface area contributed by atoms with Crippen LogP contribution in [-0.2, 0) is 4.74 Å². The van der Waals surface area contributed by atoms with Gasteiger partial charge in [0, 0.05) is 19.7 Å². The highest BCUT2D eigenvalue weighted by atomic mass is 16.5. The molecule has 0 amide bonds. The van der Waals surface area contributed by atoms with Gasteiger partial charge in [-0.25, -0.2) is 0 Å². The summed E-state index contributed by atoms with van der Waals surface area (Å²) in [6.07, 6.45) is 0. The monoisotopic (exact) mass is 188 g/mol. The number of methoxy groups -OCH3 is 1. The lowest BCUT2D eigenvalue weighted by Crippen LogP contribution is -2.60. The van der Waals surface area contributed by atoms with E-state index < -0.39 is 0 Å². The van der Waals surface area contributed by atoms with Crippen molar-refractivity contribution in [2.45, 2.75) is 39.3 Å². The Morgan fingerprint density at radius 1 is 1.31 bits per heavy atom. The average molecular weight is 188 g/mol. The molecule has 0 aromatic rings. The van der Waals surface area contributed by atoms with E-state index in [0.717, 1.165) is 0 Å². The van der Waals surface area contributed by atoms with Gasteiger partial charge in [-0.2, -0.15) is 0 Å². The largest absolute Gasteiger partial charge is 0.383 e. The summed E-state index contributed by atoms with van der Waals surface area (Å²) in [6, 6.07) is 0.432. The van der Waals surface area contributed by atoms with Gasteiger partial charge in [0.1, 0.15) is 0 Å². The van der Waals surface area contributed by atoms with Gasteiger partial charge in [-0.05, 0) is 5.92 Å². The van der Waals surface area contributed by atoms with E-state index >= 15 is 0 Å². The number of hydrogen-bond donors (Lipinski definition) is 2. The molecular weight excluding hydrogens is 164 g/mol. The molecule has 0 bridgehead atoms. The van der Waals surface area contributed by atoms with Crippen LogP contribution in [0.5, 0.6) is 0 Å². The van der Waals surface area contributed by atoms with Gasteiger partial charge in [-0.3, -0.25) is 0 Å². The van der Waals surface area contributed by atoms with Crippen LogP contribution in [0.25, 0.3) is 0 Å². The predicted molar refractivity (Wildman–Crippen MR) is 56.8 cm³/mol. The lowest BCUT2D eigenvalue weighted by Gasteiger charge is -2.38. The molecule has 3 nitrogen and oxygen atoms in total. The summed E-state index contributed by atoms with van der Waals surface area (Å²) < 4.78 is 5.22. The summed E-state index contributed by atoms with van der Waals surface area (Å²) in [4.78, 5) is 0. The topological polar surface area (TPSA) is 47.3 Å². The normalized spacial score (nSPS) is 16.6. The molecule has 1 atom stereocenters. The van der Waals surface area contributed by atoms with Crippen molar-refractivity contribution in [2.75, 3.05) is 20.3 Å². The Kier molecular flexibility index (Phi) is 5.53. The molecule has 0 radical (unpaired) electrons. The Bertz CT molecular complexity index is 137. The van der Waals surface area contributed by atoms with Gasteiger partial charge in [-0.1, -0.05) is 27.7 Å². The maximum absolute atomic E-state index is 5.80. The van der Waals surface area contributed by atoms with Crippen molar-refractivity contribution in [3.8, 4) is 0 Å². The molecule has 0 saturated carbocycles. The fraction of sp³-hybridized carbons (Fsp3) is 1.00. The van der Waals surface area contributed by atoms with Crippen molar-refractivity contribution >= 4 is 0 Å². The van der Waals surface area contributed by atoms with Crippen molar-refractivity contribution in [3.05, 3.63) is 0 Å². The van der Waals surface area contributed by atoms with E-state index in [4.69, 9.17) is 10.5 Å². The average Bonchev–Trinajstić information content (AvgIpc) is 2.02. The fourth-order valence-corrected chi connectivity index (χ4v) is 1.56.